The Morgan fingerprint density at radius 3 is 2.58 bits per heavy atom. The van der Waals surface area contributed by atoms with Crippen LogP contribution in [0.2, 0.25) is 0 Å². The number of hydrogen-bond acceptors (Lipinski definition) is 5. The molecule has 4 rings (SSSR count). The summed E-state index contributed by atoms with van der Waals surface area (Å²) in [6.07, 6.45) is 7.10. The first-order valence-electron chi connectivity index (χ1n) is 11.2. The highest BCUT2D eigenvalue weighted by atomic mass is 16.2. The van der Waals surface area contributed by atoms with Crippen LogP contribution in [0.4, 0.5) is 0 Å². The maximum atomic E-state index is 13.2. The average Bonchev–Trinajstić information content (AvgIpc) is 3.67. The first-order chi connectivity index (χ1) is 15.2. The van der Waals surface area contributed by atoms with Crippen molar-refractivity contribution < 1.29 is 9.59 Å². The molecule has 2 aliphatic rings. The Balaban J connectivity index is 1.53. The molecule has 0 spiro atoms. The summed E-state index contributed by atoms with van der Waals surface area (Å²) in [4.78, 5) is 34.5. The number of carbonyl (C=O) groups excluding carboxylic acids is 2. The molecule has 2 atom stereocenters. The van der Waals surface area contributed by atoms with Gasteiger partial charge in [0.05, 0.1) is 5.56 Å². The van der Waals surface area contributed by atoms with Gasteiger partial charge in [0.2, 0.25) is 5.91 Å². The van der Waals surface area contributed by atoms with Crippen LogP contribution in [0.25, 0.3) is 0 Å². The molecule has 0 bridgehead atoms. The molecule has 7 nitrogen and oxygen atoms in total. The maximum absolute atomic E-state index is 13.2. The summed E-state index contributed by atoms with van der Waals surface area (Å²) in [6, 6.07) is 14.3. The van der Waals surface area contributed by atoms with Gasteiger partial charge in [-0.2, -0.15) is 0 Å². The van der Waals surface area contributed by atoms with E-state index in [1.165, 1.54) is 18.4 Å². The van der Waals surface area contributed by atoms with E-state index < -0.39 is 6.04 Å². The SMILES string of the molecule is NCCNC(=O)[C@H]1CC(N(Cc2ccccc2)C2CC2)CCN1C(=O)c1cccnc1. The van der Waals surface area contributed by atoms with Crippen molar-refractivity contribution in [3.8, 4) is 0 Å². The van der Waals surface area contributed by atoms with Crippen molar-refractivity contribution in [2.45, 2.75) is 50.4 Å². The minimum atomic E-state index is -0.505. The largest absolute Gasteiger partial charge is 0.353 e. The Bertz CT molecular complexity index is 872. The molecule has 31 heavy (non-hydrogen) atoms. The highest BCUT2D eigenvalue weighted by Crippen LogP contribution is 2.35. The molecule has 0 radical (unpaired) electrons. The minimum Gasteiger partial charge on any atom is -0.353 e. The molecule has 2 amide bonds. The van der Waals surface area contributed by atoms with Gasteiger partial charge in [-0.3, -0.25) is 19.5 Å². The lowest BCUT2D eigenvalue weighted by Gasteiger charge is -2.43. The van der Waals surface area contributed by atoms with Crippen molar-refractivity contribution in [2.24, 2.45) is 5.73 Å². The third kappa shape index (κ3) is 5.29. The number of rotatable bonds is 8. The van der Waals surface area contributed by atoms with Gasteiger partial charge in [0.25, 0.3) is 5.91 Å². The second-order valence-electron chi connectivity index (χ2n) is 8.40. The van der Waals surface area contributed by atoms with Gasteiger partial charge in [-0.05, 0) is 43.4 Å². The van der Waals surface area contributed by atoms with Crippen molar-refractivity contribution in [1.29, 1.82) is 0 Å². The van der Waals surface area contributed by atoms with Crippen molar-refractivity contribution >= 4 is 11.8 Å². The summed E-state index contributed by atoms with van der Waals surface area (Å²) < 4.78 is 0. The summed E-state index contributed by atoms with van der Waals surface area (Å²) in [6.45, 7) is 2.22. The monoisotopic (exact) mass is 421 g/mol. The number of nitrogens with two attached hydrogens (primary N) is 1. The molecule has 1 aromatic heterocycles. The fourth-order valence-electron chi connectivity index (χ4n) is 4.46. The molecule has 1 aliphatic carbocycles. The molecule has 2 aromatic rings. The number of benzene rings is 1. The van der Waals surface area contributed by atoms with Crippen molar-refractivity contribution in [3.05, 3.63) is 66.0 Å². The quantitative estimate of drug-likeness (QED) is 0.678. The Kier molecular flexibility index (Phi) is 6.94. The summed E-state index contributed by atoms with van der Waals surface area (Å²) in [7, 11) is 0. The van der Waals surface area contributed by atoms with Gasteiger partial charge >= 0.3 is 0 Å². The molecule has 164 valence electrons. The first kappa shape index (κ1) is 21.5. The fourth-order valence-corrected chi connectivity index (χ4v) is 4.46. The van der Waals surface area contributed by atoms with Gasteiger partial charge in [0, 0.05) is 50.7 Å². The van der Waals surface area contributed by atoms with E-state index in [1.807, 2.05) is 6.07 Å². The zero-order valence-electron chi connectivity index (χ0n) is 17.8. The van der Waals surface area contributed by atoms with E-state index in [1.54, 1.807) is 29.4 Å². The van der Waals surface area contributed by atoms with Gasteiger partial charge in [0.1, 0.15) is 6.04 Å². The molecule has 2 fully saturated rings. The van der Waals surface area contributed by atoms with Crippen LogP contribution >= 0.6 is 0 Å². The molecule has 7 heteroatoms. The topological polar surface area (TPSA) is 91.6 Å². The van der Waals surface area contributed by atoms with Crippen LogP contribution in [0.3, 0.4) is 0 Å². The first-order valence-corrected chi connectivity index (χ1v) is 11.2. The van der Waals surface area contributed by atoms with Gasteiger partial charge in [-0.15, -0.1) is 0 Å². The molecule has 2 heterocycles. The third-order valence-electron chi connectivity index (χ3n) is 6.18. The zero-order chi connectivity index (χ0) is 21.6. The van der Waals surface area contributed by atoms with E-state index in [0.717, 1.165) is 13.0 Å². The van der Waals surface area contributed by atoms with Crippen molar-refractivity contribution in [2.75, 3.05) is 19.6 Å². The van der Waals surface area contributed by atoms with Crippen molar-refractivity contribution in [1.82, 2.24) is 20.1 Å². The fraction of sp³-hybridized carbons (Fsp3) is 0.458. The molecular weight excluding hydrogens is 390 g/mol. The summed E-state index contributed by atoms with van der Waals surface area (Å²) in [5.41, 5.74) is 7.39. The second-order valence-corrected chi connectivity index (χ2v) is 8.40. The maximum Gasteiger partial charge on any atom is 0.256 e. The van der Waals surface area contributed by atoms with Crippen LogP contribution in [0.5, 0.6) is 0 Å². The Labute approximate surface area is 183 Å². The molecule has 1 saturated heterocycles. The van der Waals surface area contributed by atoms with Crippen LogP contribution < -0.4 is 11.1 Å². The number of likely N-dealkylation sites (tertiary alicyclic amines) is 1. The zero-order valence-corrected chi connectivity index (χ0v) is 17.8. The molecule has 1 unspecified atom stereocenters. The third-order valence-corrected chi connectivity index (χ3v) is 6.18. The van der Waals surface area contributed by atoms with Crippen LogP contribution in [-0.4, -0.2) is 64.4 Å². The van der Waals surface area contributed by atoms with Crippen LogP contribution in [-0.2, 0) is 11.3 Å². The summed E-state index contributed by atoms with van der Waals surface area (Å²) in [5.74, 6) is -0.261. The van der Waals surface area contributed by atoms with Crippen LogP contribution in [0.15, 0.2) is 54.9 Å². The minimum absolute atomic E-state index is 0.122. The molecule has 1 aromatic carbocycles. The molecule has 3 N–H and O–H groups in total. The predicted octanol–water partition coefficient (Wildman–Crippen LogP) is 1.79. The van der Waals surface area contributed by atoms with E-state index in [9.17, 15) is 9.59 Å². The number of aromatic nitrogens is 1. The highest BCUT2D eigenvalue weighted by molar-refractivity contribution is 5.97. The number of nitrogens with zero attached hydrogens (tertiary/aromatic N) is 3. The van der Waals surface area contributed by atoms with E-state index in [0.29, 0.717) is 37.7 Å². The smallest absolute Gasteiger partial charge is 0.256 e. The van der Waals surface area contributed by atoms with Gasteiger partial charge < -0.3 is 16.0 Å². The normalized spacial score (nSPS) is 21.2. The number of carbonyl (C=O) groups is 2. The molecule has 1 saturated carbocycles. The molecule has 1 aliphatic heterocycles. The van der Waals surface area contributed by atoms with E-state index in [4.69, 9.17) is 5.73 Å². The van der Waals surface area contributed by atoms with E-state index in [2.05, 4.69) is 39.5 Å². The van der Waals surface area contributed by atoms with Crippen LogP contribution in [0, 0.1) is 0 Å². The number of nitrogens with one attached hydrogen (secondary N) is 1. The lowest BCUT2D eigenvalue weighted by molar-refractivity contribution is -0.127. The number of amides is 2. The van der Waals surface area contributed by atoms with Gasteiger partial charge in [-0.1, -0.05) is 30.3 Å². The van der Waals surface area contributed by atoms with Gasteiger partial charge in [-0.25, -0.2) is 0 Å². The van der Waals surface area contributed by atoms with Crippen molar-refractivity contribution in [3.63, 3.8) is 0 Å². The number of pyridine rings is 1. The predicted molar refractivity (Wildman–Crippen MR) is 119 cm³/mol. The Hall–Kier alpha value is -2.77. The lowest BCUT2D eigenvalue weighted by atomic mass is 9.93. The van der Waals surface area contributed by atoms with E-state index >= 15 is 0 Å². The lowest BCUT2D eigenvalue weighted by Crippen LogP contribution is -2.57. The highest BCUT2D eigenvalue weighted by Gasteiger charge is 2.42. The van der Waals surface area contributed by atoms with Gasteiger partial charge in [0.15, 0.2) is 0 Å². The average molecular weight is 422 g/mol. The Morgan fingerprint density at radius 2 is 1.90 bits per heavy atom. The number of piperidine rings is 1. The summed E-state index contributed by atoms with van der Waals surface area (Å²) in [5, 5.41) is 2.90. The second kappa shape index (κ2) is 10.0. The Morgan fingerprint density at radius 1 is 1.10 bits per heavy atom. The standard InChI is InChI=1S/C24H31N5O2/c25-11-13-27-23(30)22-15-21(10-14-28(22)24(31)19-7-4-12-26-16-19)29(20-8-9-20)17-18-5-2-1-3-6-18/h1-7,12,16,20-22H,8-11,13-15,17,25H2,(H,27,30)/t21?,22-/m1/s1. The van der Waals surface area contributed by atoms with Crippen LogP contribution in [0.1, 0.15) is 41.6 Å². The number of hydrogen-bond donors (Lipinski definition) is 2. The summed E-state index contributed by atoms with van der Waals surface area (Å²) >= 11 is 0. The van der Waals surface area contributed by atoms with E-state index in [-0.39, 0.29) is 17.9 Å². The molecular formula is C24H31N5O2.